The number of nitrogens with two attached hydrogens (primary N) is 1. The van der Waals surface area contributed by atoms with Crippen molar-refractivity contribution in [1.29, 1.82) is 0 Å². The Labute approximate surface area is 85.5 Å². The third-order valence-electron chi connectivity index (χ3n) is 1.65. The molecule has 0 saturated carbocycles. The molecule has 2 aromatic heterocycles. The first kappa shape index (κ1) is 9.84. The lowest BCUT2D eigenvalue weighted by molar-refractivity contribution is 0.0858. The predicted molar refractivity (Wildman–Crippen MR) is 48.7 cm³/mol. The standard InChI is InChI=1S/C6H4ClF2N5O/c7-6(8,9)4-11-1-2(12-4)13-5(10)14-3(1)15/h(H4,10,11,12,13,14,15). The molecule has 0 radical (unpaired) electrons. The van der Waals surface area contributed by atoms with Crippen molar-refractivity contribution in [3.05, 3.63) is 16.2 Å². The highest BCUT2D eigenvalue weighted by molar-refractivity contribution is 6.21. The topological polar surface area (TPSA) is 100 Å². The molecule has 80 valence electrons. The summed E-state index contributed by atoms with van der Waals surface area (Å²) in [5.41, 5.74) is 4.12. The Bertz CT molecular complexity index is 571. The van der Waals surface area contributed by atoms with Gasteiger partial charge in [0.25, 0.3) is 5.56 Å². The quantitative estimate of drug-likeness (QED) is 0.627. The molecule has 2 heterocycles. The van der Waals surface area contributed by atoms with E-state index < -0.39 is 16.8 Å². The van der Waals surface area contributed by atoms with Gasteiger partial charge in [0.05, 0.1) is 0 Å². The summed E-state index contributed by atoms with van der Waals surface area (Å²) < 4.78 is 25.3. The van der Waals surface area contributed by atoms with Crippen LogP contribution in [-0.2, 0) is 5.38 Å². The van der Waals surface area contributed by atoms with E-state index in [0.29, 0.717) is 0 Å². The van der Waals surface area contributed by atoms with Crippen LogP contribution in [0.25, 0.3) is 11.2 Å². The SMILES string of the molecule is Nc1nc2nc(C(F)(F)Cl)[nH]c2c(=O)[nH]1. The van der Waals surface area contributed by atoms with E-state index in [9.17, 15) is 13.6 Å². The summed E-state index contributed by atoms with van der Waals surface area (Å²) in [6.07, 6.45) is 0. The Kier molecular flexibility index (Phi) is 1.90. The van der Waals surface area contributed by atoms with E-state index in [0.717, 1.165) is 0 Å². The highest BCUT2D eigenvalue weighted by Crippen LogP contribution is 2.30. The van der Waals surface area contributed by atoms with Crippen LogP contribution >= 0.6 is 11.6 Å². The Morgan fingerprint density at radius 3 is 2.60 bits per heavy atom. The fourth-order valence-corrected chi connectivity index (χ4v) is 1.15. The van der Waals surface area contributed by atoms with Crippen LogP contribution in [0.1, 0.15) is 5.82 Å². The zero-order chi connectivity index (χ0) is 11.2. The van der Waals surface area contributed by atoms with Gasteiger partial charge in [0, 0.05) is 0 Å². The van der Waals surface area contributed by atoms with E-state index in [-0.39, 0.29) is 17.1 Å². The van der Waals surface area contributed by atoms with E-state index in [1.807, 2.05) is 0 Å². The van der Waals surface area contributed by atoms with Crippen LogP contribution in [0.2, 0.25) is 0 Å². The number of anilines is 1. The summed E-state index contributed by atoms with van der Waals surface area (Å²) in [6, 6.07) is 0. The average Bonchev–Trinajstić information content (AvgIpc) is 2.46. The normalized spacial score (nSPS) is 12.2. The van der Waals surface area contributed by atoms with Gasteiger partial charge in [-0.05, 0) is 11.6 Å². The van der Waals surface area contributed by atoms with E-state index in [1.165, 1.54) is 0 Å². The Morgan fingerprint density at radius 1 is 1.33 bits per heavy atom. The molecule has 0 saturated heterocycles. The maximum absolute atomic E-state index is 12.6. The van der Waals surface area contributed by atoms with Crippen molar-refractivity contribution in [2.75, 3.05) is 5.73 Å². The molecule has 0 aliphatic heterocycles. The number of H-pyrrole nitrogens is 2. The van der Waals surface area contributed by atoms with Gasteiger partial charge in [-0.15, -0.1) is 0 Å². The van der Waals surface area contributed by atoms with Crippen molar-refractivity contribution in [3.8, 4) is 0 Å². The first-order chi connectivity index (χ1) is 6.88. The minimum Gasteiger partial charge on any atom is -0.369 e. The van der Waals surface area contributed by atoms with E-state index in [2.05, 4.69) is 19.9 Å². The lowest BCUT2D eigenvalue weighted by Gasteiger charge is -2.00. The second-order valence-electron chi connectivity index (χ2n) is 2.73. The van der Waals surface area contributed by atoms with Gasteiger partial charge >= 0.3 is 5.38 Å². The number of aromatic amines is 2. The molecule has 0 atom stereocenters. The summed E-state index contributed by atoms with van der Waals surface area (Å²) in [5, 5.41) is -3.68. The molecule has 0 aliphatic rings. The van der Waals surface area contributed by atoms with Crippen molar-refractivity contribution in [2.45, 2.75) is 5.38 Å². The van der Waals surface area contributed by atoms with E-state index >= 15 is 0 Å². The zero-order valence-electron chi connectivity index (χ0n) is 7.01. The van der Waals surface area contributed by atoms with E-state index in [4.69, 9.17) is 17.3 Å². The van der Waals surface area contributed by atoms with Crippen molar-refractivity contribution in [2.24, 2.45) is 0 Å². The lowest BCUT2D eigenvalue weighted by Crippen LogP contribution is -2.11. The highest BCUT2D eigenvalue weighted by Gasteiger charge is 2.32. The van der Waals surface area contributed by atoms with Gasteiger partial charge in [0.1, 0.15) is 0 Å². The number of imidazole rings is 1. The van der Waals surface area contributed by atoms with Crippen LogP contribution in [-0.4, -0.2) is 19.9 Å². The van der Waals surface area contributed by atoms with Crippen LogP contribution in [0.5, 0.6) is 0 Å². The monoisotopic (exact) mass is 235 g/mol. The number of nitrogen functional groups attached to an aromatic ring is 1. The van der Waals surface area contributed by atoms with Gasteiger partial charge in [-0.25, -0.2) is 4.98 Å². The van der Waals surface area contributed by atoms with Crippen LogP contribution in [0, 0.1) is 0 Å². The molecule has 4 N–H and O–H groups in total. The maximum atomic E-state index is 12.6. The van der Waals surface area contributed by atoms with Crippen LogP contribution in [0.3, 0.4) is 0 Å². The Balaban J connectivity index is 2.77. The Hall–Kier alpha value is -1.70. The molecule has 9 heteroatoms. The average molecular weight is 236 g/mol. The third-order valence-corrected chi connectivity index (χ3v) is 1.83. The first-order valence-corrected chi connectivity index (χ1v) is 4.08. The van der Waals surface area contributed by atoms with Gasteiger partial charge in [0.15, 0.2) is 17.0 Å². The minimum absolute atomic E-state index is 0.195. The molecule has 0 spiro atoms. The lowest BCUT2D eigenvalue weighted by atomic mass is 10.5. The number of aromatic nitrogens is 4. The number of nitrogens with one attached hydrogen (secondary N) is 2. The maximum Gasteiger partial charge on any atom is 0.379 e. The predicted octanol–water partition coefficient (Wildman–Crippen LogP) is 0.516. The molecule has 6 nitrogen and oxygen atoms in total. The first-order valence-electron chi connectivity index (χ1n) is 3.70. The van der Waals surface area contributed by atoms with Gasteiger partial charge in [-0.2, -0.15) is 13.8 Å². The minimum atomic E-state index is -3.68. The largest absolute Gasteiger partial charge is 0.379 e. The summed E-state index contributed by atoms with van der Waals surface area (Å²) in [5.74, 6) is -1.05. The number of rotatable bonds is 1. The van der Waals surface area contributed by atoms with Crippen molar-refractivity contribution in [1.82, 2.24) is 19.9 Å². The molecule has 0 aliphatic carbocycles. The molecular formula is C6H4ClF2N5O. The summed E-state index contributed by atoms with van der Waals surface area (Å²) in [6.45, 7) is 0. The molecular weight excluding hydrogens is 232 g/mol. The van der Waals surface area contributed by atoms with Crippen LogP contribution < -0.4 is 11.3 Å². The molecule has 15 heavy (non-hydrogen) atoms. The number of alkyl halides is 3. The van der Waals surface area contributed by atoms with E-state index in [1.54, 1.807) is 0 Å². The molecule has 0 bridgehead atoms. The zero-order valence-corrected chi connectivity index (χ0v) is 7.77. The number of hydrogen-bond donors (Lipinski definition) is 3. The molecule has 0 fully saturated rings. The molecule has 2 rings (SSSR count). The van der Waals surface area contributed by atoms with Gasteiger partial charge in [-0.1, -0.05) is 0 Å². The summed E-state index contributed by atoms with van der Waals surface area (Å²) in [7, 11) is 0. The second kappa shape index (κ2) is 2.89. The Morgan fingerprint density at radius 2 is 2.00 bits per heavy atom. The van der Waals surface area contributed by atoms with Crippen molar-refractivity contribution >= 4 is 28.7 Å². The number of halogens is 3. The second-order valence-corrected chi connectivity index (χ2v) is 3.21. The smallest absolute Gasteiger partial charge is 0.369 e. The number of hydrogen-bond acceptors (Lipinski definition) is 4. The molecule has 0 amide bonds. The van der Waals surface area contributed by atoms with Gasteiger partial charge < -0.3 is 10.7 Å². The van der Waals surface area contributed by atoms with Crippen molar-refractivity contribution < 1.29 is 8.78 Å². The van der Waals surface area contributed by atoms with Gasteiger partial charge in [0.2, 0.25) is 5.95 Å². The third kappa shape index (κ3) is 1.63. The fourth-order valence-electron chi connectivity index (χ4n) is 1.06. The van der Waals surface area contributed by atoms with Crippen LogP contribution in [0.15, 0.2) is 4.79 Å². The van der Waals surface area contributed by atoms with Crippen molar-refractivity contribution in [3.63, 3.8) is 0 Å². The molecule has 0 unspecified atom stereocenters. The number of fused-ring (bicyclic) bond motifs is 1. The number of nitrogens with zero attached hydrogens (tertiary/aromatic N) is 2. The van der Waals surface area contributed by atoms with Gasteiger partial charge in [-0.3, -0.25) is 9.78 Å². The van der Waals surface area contributed by atoms with Crippen LogP contribution in [0.4, 0.5) is 14.7 Å². The fraction of sp³-hybridized carbons (Fsp3) is 0.167. The summed E-state index contributed by atoms with van der Waals surface area (Å²) >= 11 is 4.72. The molecule has 0 aromatic carbocycles. The summed E-state index contributed by atoms with van der Waals surface area (Å²) in [4.78, 5) is 22.3. The molecule has 2 aromatic rings. The highest BCUT2D eigenvalue weighted by atomic mass is 35.5.